The molecule has 0 unspecified atom stereocenters. The van der Waals surface area contributed by atoms with E-state index >= 15 is 0 Å². The number of hydrogen-bond acceptors (Lipinski definition) is 3. The number of primary sulfonamides is 1. The fourth-order valence-corrected chi connectivity index (χ4v) is 3.31. The van der Waals surface area contributed by atoms with Crippen LogP contribution in [0.15, 0.2) is 41.3 Å². The SMILES string of the molecule is Cc1cc(S(N)(=O)=O)cc(NC(=O)NCCCc2cccc(C(F)(F)F)c2)c1C. The fourth-order valence-electron chi connectivity index (χ4n) is 2.68. The van der Waals surface area contributed by atoms with Crippen LogP contribution in [-0.2, 0) is 22.6 Å². The number of carbonyl (C=O) groups is 1. The third kappa shape index (κ3) is 6.47. The molecule has 6 nitrogen and oxygen atoms in total. The largest absolute Gasteiger partial charge is 0.416 e. The maximum atomic E-state index is 12.7. The van der Waals surface area contributed by atoms with Crippen molar-refractivity contribution in [3.8, 4) is 0 Å². The van der Waals surface area contributed by atoms with Crippen molar-refractivity contribution in [3.05, 3.63) is 58.7 Å². The van der Waals surface area contributed by atoms with Gasteiger partial charge in [-0.2, -0.15) is 13.2 Å². The maximum absolute atomic E-state index is 12.7. The predicted octanol–water partition coefficient (Wildman–Crippen LogP) is 3.72. The van der Waals surface area contributed by atoms with Crippen LogP contribution in [0.1, 0.15) is 28.7 Å². The van der Waals surface area contributed by atoms with Gasteiger partial charge in [0.05, 0.1) is 10.5 Å². The van der Waals surface area contributed by atoms with Gasteiger partial charge in [-0.05, 0) is 61.6 Å². The maximum Gasteiger partial charge on any atom is 0.416 e. The Bertz CT molecular complexity index is 1010. The first-order chi connectivity index (χ1) is 13.4. The van der Waals surface area contributed by atoms with Crippen LogP contribution >= 0.6 is 0 Å². The van der Waals surface area contributed by atoms with E-state index in [1.165, 1.54) is 18.2 Å². The lowest BCUT2D eigenvalue weighted by Crippen LogP contribution is -2.30. The number of alkyl halides is 3. The summed E-state index contributed by atoms with van der Waals surface area (Å²) in [6.07, 6.45) is -3.59. The monoisotopic (exact) mass is 429 g/mol. The van der Waals surface area contributed by atoms with Crippen LogP contribution in [0.2, 0.25) is 0 Å². The smallest absolute Gasteiger partial charge is 0.338 e. The van der Waals surface area contributed by atoms with Gasteiger partial charge in [0, 0.05) is 12.2 Å². The van der Waals surface area contributed by atoms with Crippen LogP contribution in [0.3, 0.4) is 0 Å². The summed E-state index contributed by atoms with van der Waals surface area (Å²) in [5.41, 5.74) is 1.47. The minimum Gasteiger partial charge on any atom is -0.338 e. The first kappa shape index (κ1) is 22.7. The highest BCUT2D eigenvalue weighted by Gasteiger charge is 2.30. The number of hydrogen-bond donors (Lipinski definition) is 3. The Hall–Kier alpha value is -2.59. The van der Waals surface area contributed by atoms with Gasteiger partial charge >= 0.3 is 12.2 Å². The normalized spacial score (nSPS) is 11.9. The van der Waals surface area contributed by atoms with Crippen LogP contribution in [0.4, 0.5) is 23.7 Å². The lowest BCUT2D eigenvalue weighted by atomic mass is 10.1. The number of rotatable bonds is 6. The molecule has 0 saturated heterocycles. The zero-order chi connectivity index (χ0) is 21.8. The van der Waals surface area contributed by atoms with Gasteiger partial charge in [0.15, 0.2) is 0 Å². The summed E-state index contributed by atoms with van der Waals surface area (Å²) >= 11 is 0. The number of halogens is 3. The first-order valence-corrected chi connectivity index (χ1v) is 10.3. The zero-order valence-corrected chi connectivity index (χ0v) is 16.7. The number of aryl methyl sites for hydroxylation is 2. The molecule has 0 bridgehead atoms. The summed E-state index contributed by atoms with van der Waals surface area (Å²) in [4.78, 5) is 12.0. The topological polar surface area (TPSA) is 101 Å². The molecule has 0 aliphatic heterocycles. The van der Waals surface area contributed by atoms with Crippen LogP contribution in [0.5, 0.6) is 0 Å². The standard InChI is InChI=1S/C19H22F3N3O3S/c1-12-9-16(29(23,27)28)11-17(13(12)2)25-18(26)24-8-4-6-14-5-3-7-15(10-14)19(20,21)22/h3,5,7,9-11H,4,6,8H2,1-2H3,(H2,23,27,28)(H2,24,25,26). The molecule has 4 N–H and O–H groups in total. The fraction of sp³-hybridized carbons (Fsp3) is 0.316. The summed E-state index contributed by atoms with van der Waals surface area (Å²) in [6, 6.07) is 7.19. The molecule has 2 rings (SSSR count). The summed E-state index contributed by atoms with van der Waals surface area (Å²) in [7, 11) is -3.92. The van der Waals surface area contributed by atoms with Crippen molar-refractivity contribution in [2.45, 2.75) is 37.8 Å². The molecular formula is C19H22F3N3O3S. The van der Waals surface area contributed by atoms with Crippen molar-refractivity contribution in [1.82, 2.24) is 5.32 Å². The van der Waals surface area contributed by atoms with Crippen molar-refractivity contribution in [2.75, 3.05) is 11.9 Å². The molecule has 0 aliphatic rings. The van der Waals surface area contributed by atoms with Crippen molar-refractivity contribution in [3.63, 3.8) is 0 Å². The second-order valence-electron chi connectivity index (χ2n) is 6.64. The van der Waals surface area contributed by atoms with Gasteiger partial charge in [0.2, 0.25) is 10.0 Å². The highest BCUT2D eigenvalue weighted by molar-refractivity contribution is 7.89. The Morgan fingerprint density at radius 2 is 1.83 bits per heavy atom. The van der Waals surface area contributed by atoms with Crippen LogP contribution in [0.25, 0.3) is 0 Å². The Balaban J connectivity index is 1.92. The average Bonchev–Trinajstić information content (AvgIpc) is 2.61. The number of carbonyl (C=O) groups excluding carboxylic acids is 1. The molecule has 2 aromatic rings. The molecule has 10 heteroatoms. The van der Waals surface area contributed by atoms with Gasteiger partial charge in [0.25, 0.3) is 0 Å². The molecule has 0 heterocycles. The van der Waals surface area contributed by atoms with Crippen molar-refractivity contribution < 1.29 is 26.4 Å². The number of anilines is 1. The van der Waals surface area contributed by atoms with E-state index in [4.69, 9.17) is 5.14 Å². The van der Waals surface area contributed by atoms with Crippen LogP contribution in [-0.4, -0.2) is 21.0 Å². The Labute approximate surface area is 167 Å². The molecule has 2 amide bonds. The number of sulfonamides is 1. The number of nitrogens with two attached hydrogens (primary N) is 1. The molecule has 0 spiro atoms. The van der Waals surface area contributed by atoms with E-state index in [1.807, 2.05) is 0 Å². The number of amides is 2. The van der Waals surface area contributed by atoms with Crippen molar-refractivity contribution in [1.29, 1.82) is 0 Å². The van der Waals surface area contributed by atoms with Gasteiger partial charge in [0.1, 0.15) is 0 Å². The minimum absolute atomic E-state index is 0.111. The highest BCUT2D eigenvalue weighted by atomic mass is 32.2. The lowest BCUT2D eigenvalue weighted by Gasteiger charge is -2.13. The van der Waals surface area contributed by atoms with E-state index in [1.54, 1.807) is 19.9 Å². The lowest BCUT2D eigenvalue weighted by molar-refractivity contribution is -0.137. The first-order valence-electron chi connectivity index (χ1n) is 8.73. The highest BCUT2D eigenvalue weighted by Crippen LogP contribution is 2.29. The summed E-state index contributed by atoms with van der Waals surface area (Å²) in [6.45, 7) is 3.66. The van der Waals surface area contributed by atoms with E-state index < -0.39 is 27.8 Å². The Morgan fingerprint density at radius 3 is 2.45 bits per heavy atom. The van der Waals surface area contributed by atoms with Gasteiger partial charge < -0.3 is 10.6 Å². The molecule has 0 atom stereocenters. The van der Waals surface area contributed by atoms with Gasteiger partial charge in [-0.1, -0.05) is 18.2 Å². The second-order valence-corrected chi connectivity index (χ2v) is 8.20. The zero-order valence-electron chi connectivity index (χ0n) is 15.9. The molecule has 2 aromatic carbocycles. The molecule has 0 radical (unpaired) electrons. The molecule has 0 aliphatic carbocycles. The summed E-state index contributed by atoms with van der Waals surface area (Å²) in [5.74, 6) is 0. The van der Waals surface area contributed by atoms with E-state index in [9.17, 15) is 26.4 Å². The molecule has 29 heavy (non-hydrogen) atoms. The van der Waals surface area contributed by atoms with Crippen LogP contribution < -0.4 is 15.8 Å². The predicted molar refractivity (Wildman–Crippen MR) is 104 cm³/mol. The molecule has 158 valence electrons. The molecular weight excluding hydrogens is 407 g/mol. The number of urea groups is 1. The number of nitrogens with one attached hydrogen (secondary N) is 2. The van der Waals surface area contributed by atoms with E-state index in [0.717, 1.165) is 12.1 Å². The third-order valence-electron chi connectivity index (χ3n) is 4.40. The molecule has 0 saturated carbocycles. The quantitative estimate of drug-likeness (QED) is 0.610. The summed E-state index contributed by atoms with van der Waals surface area (Å²) < 4.78 is 61.3. The van der Waals surface area contributed by atoms with Crippen molar-refractivity contribution in [2.24, 2.45) is 5.14 Å². The minimum atomic E-state index is -4.39. The van der Waals surface area contributed by atoms with E-state index in [-0.39, 0.29) is 11.4 Å². The van der Waals surface area contributed by atoms with Crippen LogP contribution in [0, 0.1) is 13.8 Å². The van der Waals surface area contributed by atoms with Gasteiger partial charge in [-0.25, -0.2) is 18.4 Å². The second kappa shape index (κ2) is 8.83. The van der Waals surface area contributed by atoms with Gasteiger partial charge in [-0.15, -0.1) is 0 Å². The van der Waals surface area contributed by atoms with Crippen molar-refractivity contribution >= 4 is 21.7 Å². The summed E-state index contributed by atoms with van der Waals surface area (Å²) in [5, 5.41) is 10.3. The molecule has 0 aromatic heterocycles. The van der Waals surface area contributed by atoms with E-state index in [0.29, 0.717) is 35.2 Å². The van der Waals surface area contributed by atoms with Gasteiger partial charge in [-0.3, -0.25) is 0 Å². The number of benzene rings is 2. The third-order valence-corrected chi connectivity index (χ3v) is 5.29. The average molecular weight is 429 g/mol. The van der Waals surface area contributed by atoms with E-state index in [2.05, 4.69) is 10.6 Å². The Kier molecular flexibility index (Phi) is 6.91. The molecule has 0 fully saturated rings. The Morgan fingerprint density at radius 1 is 1.14 bits per heavy atom.